The first-order valence-electron chi connectivity index (χ1n) is 9.11. The zero-order valence-electron chi connectivity index (χ0n) is 15.3. The molecule has 9 heteroatoms. The number of aromatic nitrogens is 3. The molecule has 2 heterocycles. The van der Waals surface area contributed by atoms with E-state index in [1.165, 1.54) is 0 Å². The number of nitrogens with zero attached hydrogens (tertiary/aromatic N) is 5. The lowest BCUT2D eigenvalue weighted by Gasteiger charge is -2.16. The van der Waals surface area contributed by atoms with Crippen LogP contribution in [0.1, 0.15) is 32.6 Å². The van der Waals surface area contributed by atoms with Gasteiger partial charge in [0.25, 0.3) is 0 Å². The number of benzene rings is 1. The van der Waals surface area contributed by atoms with Crippen LogP contribution in [0.4, 0.5) is 0 Å². The zero-order valence-corrected chi connectivity index (χ0v) is 17.0. The monoisotopic (exact) mass is 405 g/mol. The lowest BCUT2D eigenvalue weighted by Crippen LogP contribution is -2.27. The molecule has 0 saturated carbocycles. The molecule has 0 atom stereocenters. The van der Waals surface area contributed by atoms with E-state index in [-0.39, 0.29) is 0 Å². The quantitative estimate of drug-likeness (QED) is 0.495. The van der Waals surface area contributed by atoms with E-state index < -0.39 is 10.0 Å². The summed E-state index contributed by atoms with van der Waals surface area (Å²) in [7, 11) is -3.46. The van der Waals surface area contributed by atoms with E-state index in [0.29, 0.717) is 36.8 Å². The van der Waals surface area contributed by atoms with Crippen molar-refractivity contribution in [1.82, 2.24) is 19.1 Å². The third-order valence-electron chi connectivity index (χ3n) is 4.49. The van der Waals surface area contributed by atoms with E-state index >= 15 is 0 Å². The Balaban J connectivity index is 1.87. The van der Waals surface area contributed by atoms with E-state index in [0.717, 1.165) is 35.7 Å². The fourth-order valence-electron chi connectivity index (χ4n) is 3.08. The van der Waals surface area contributed by atoms with Gasteiger partial charge in [-0.1, -0.05) is 23.9 Å². The van der Waals surface area contributed by atoms with Crippen molar-refractivity contribution in [3.8, 4) is 17.5 Å². The Hall–Kier alpha value is -1.89. The van der Waals surface area contributed by atoms with Crippen LogP contribution in [-0.2, 0) is 16.6 Å². The van der Waals surface area contributed by atoms with Crippen molar-refractivity contribution < 1.29 is 8.42 Å². The number of hydrogen-bond acceptors (Lipinski definition) is 6. The third kappa shape index (κ3) is 4.34. The summed E-state index contributed by atoms with van der Waals surface area (Å²) in [5.74, 6) is 1.47. The molecular formula is C18H23N5O2S2. The van der Waals surface area contributed by atoms with E-state index in [9.17, 15) is 8.42 Å². The van der Waals surface area contributed by atoms with Crippen LogP contribution in [0.5, 0.6) is 0 Å². The summed E-state index contributed by atoms with van der Waals surface area (Å²) in [4.78, 5) is 0.302. The van der Waals surface area contributed by atoms with Gasteiger partial charge in [-0.2, -0.15) is 9.57 Å². The van der Waals surface area contributed by atoms with Gasteiger partial charge in [0.05, 0.1) is 11.0 Å². The average molecular weight is 406 g/mol. The molecule has 1 aliphatic rings. The van der Waals surface area contributed by atoms with E-state index in [4.69, 9.17) is 5.26 Å². The first-order chi connectivity index (χ1) is 13.1. The summed E-state index contributed by atoms with van der Waals surface area (Å²) < 4.78 is 29.2. The molecule has 0 unspecified atom stereocenters. The van der Waals surface area contributed by atoms with Gasteiger partial charge >= 0.3 is 0 Å². The van der Waals surface area contributed by atoms with Gasteiger partial charge < -0.3 is 4.57 Å². The lowest BCUT2D eigenvalue weighted by atomic mass is 10.2. The van der Waals surface area contributed by atoms with Crippen LogP contribution >= 0.6 is 11.8 Å². The van der Waals surface area contributed by atoms with Crippen LogP contribution in [0.15, 0.2) is 34.3 Å². The highest BCUT2D eigenvalue weighted by molar-refractivity contribution is 7.99. The Morgan fingerprint density at radius 2 is 2.04 bits per heavy atom. The molecule has 7 nitrogen and oxygen atoms in total. The lowest BCUT2D eigenvalue weighted by molar-refractivity contribution is 0.477. The van der Waals surface area contributed by atoms with Gasteiger partial charge in [0, 0.05) is 37.4 Å². The minimum absolute atomic E-state index is 0.302. The molecule has 0 amide bonds. The summed E-state index contributed by atoms with van der Waals surface area (Å²) >= 11 is 1.57. The molecule has 0 bridgehead atoms. The normalized spacial score (nSPS) is 15.1. The third-order valence-corrected chi connectivity index (χ3v) is 7.44. The number of sulfonamides is 1. The fourth-order valence-corrected chi connectivity index (χ4v) is 5.59. The first-order valence-corrected chi connectivity index (χ1v) is 11.5. The molecule has 1 aromatic heterocycles. The predicted molar refractivity (Wildman–Crippen MR) is 105 cm³/mol. The standard InChI is InChI=1S/C18H23N5O2S2/c1-2-23-17(20-21-18(23)26-13-6-3-10-19)15-8-7-9-16(14-15)27(24,25)22-11-4-5-12-22/h7-9,14H,2-6,11-13H2,1H3. The van der Waals surface area contributed by atoms with Crippen molar-refractivity contribution in [3.05, 3.63) is 24.3 Å². The van der Waals surface area contributed by atoms with Crippen LogP contribution in [0.2, 0.25) is 0 Å². The summed E-state index contributed by atoms with van der Waals surface area (Å²) in [5.41, 5.74) is 0.744. The summed E-state index contributed by atoms with van der Waals surface area (Å²) in [6.07, 6.45) is 3.15. The molecule has 0 N–H and O–H groups in total. The van der Waals surface area contributed by atoms with Gasteiger partial charge in [-0.3, -0.25) is 0 Å². The smallest absolute Gasteiger partial charge is 0.243 e. The number of hydrogen-bond donors (Lipinski definition) is 0. The van der Waals surface area contributed by atoms with Crippen LogP contribution in [-0.4, -0.2) is 46.3 Å². The fraction of sp³-hybridized carbons (Fsp3) is 0.500. The SMILES string of the molecule is CCn1c(SCCCC#N)nnc1-c1cccc(S(=O)(=O)N2CCCC2)c1. The van der Waals surface area contributed by atoms with E-state index in [2.05, 4.69) is 16.3 Å². The van der Waals surface area contributed by atoms with Gasteiger partial charge in [0.15, 0.2) is 11.0 Å². The molecule has 0 radical (unpaired) electrons. The highest BCUT2D eigenvalue weighted by Gasteiger charge is 2.27. The maximum Gasteiger partial charge on any atom is 0.243 e. The van der Waals surface area contributed by atoms with Crippen molar-refractivity contribution in [2.45, 2.75) is 49.2 Å². The minimum Gasteiger partial charge on any atom is -0.302 e. The second-order valence-corrected chi connectivity index (χ2v) is 9.30. The molecule has 1 aromatic carbocycles. The molecule has 0 spiro atoms. The molecule has 3 rings (SSSR count). The molecule has 1 saturated heterocycles. The number of rotatable bonds is 8. The maximum atomic E-state index is 12.8. The van der Waals surface area contributed by atoms with E-state index in [1.807, 2.05) is 17.6 Å². The van der Waals surface area contributed by atoms with Crippen LogP contribution < -0.4 is 0 Å². The second-order valence-electron chi connectivity index (χ2n) is 6.30. The maximum absolute atomic E-state index is 12.8. The molecule has 1 fully saturated rings. The van der Waals surface area contributed by atoms with Crippen molar-refractivity contribution in [3.63, 3.8) is 0 Å². The van der Waals surface area contributed by atoms with Crippen LogP contribution in [0.25, 0.3) is 11.4 Å². The summed E-state index contributed by atoms with van der Waals surface area (Å²) in [6.45, 7) is 3.87. The van der Waals surface area contributed by atoms with Crippen molar-refractivity contribution in [2.75, 3.05) is 18.8 Å². The Morgan fingerprint density at radius 3 is 2.74 bits per heavy atom. The minimum atomic E-state index is -3.46. The van der Waals surface area contributed by atoms with Crippen LogP contribution in [0, 0.1) is 11.3 Å². The van der Waals surface area contributed by atoms with Gasteiger partial charge in [0.1, 0.15) is 0 Å². The molecule has 144 valence electrons. The molecule has 2 aromatic rings. The van der Waals surface area contributed by atoms with E-state index in [1.54, 1.807) is 34.3 Å². The Labute approximate surface area is 164 Å². The highest BCUT2D eigenvalue weighted by Crippen LogP contribution is 2.28. The van der Waals surface area contributed by atoms with Gasteiger partial charge in [-0.05, 0) is 38.3 Å². The van der Waals surface area contributed by atoms with Crippen molar-refractivity contribution in [2.24, 2.45) is 0 Å². The average Bonchev–Trinajstić information content (AvgIpc) is 3.35. The number of nitriles is 1. The van der Waals surface area contributed by atoms with Crippen molar-refractivity contribution >= 4 is 21.8 Å². The zero-order chi connectivity index (χ0) is 19.3. The predicted octanol–water partition coefficient (Wildman–Crippen LogP) is 3.15. The number of thioether (sulfide) groups is 1. The molecule has 0 aliphatic carbocycles. The number of unbranched alkanes of at least 4 members (excludes halogenated alkanes) is 1. The van der Waals surface area contributed by atoms with Gasteiger partial charge in [-0.25, -0.2) is 8.42 Å². The van der Waals surface area contributed by atoms with Gasteiger partial charge in [0.2, 0.25) is 10.0 Å². The Morgan fingerprint density at radius 1 is 1.26 bits per heavy atom. The molecular weight excluding hydrogens is 382 g/mol. The highest BCUT2D eigenvalue weighted by atomic mass is 32.2. The largest absolute Gasteiger partial charge is 0.302 e. The first kappa shape index (κ1) is 19.9. The van der Waals surface area contributed by atoms with Crippen LogP contribution in [0.3, 0.4) is 0 Å². The second kappa shape index (κ2) is 8.87. The Bertz CT molecular complexity index is 927. The summed E-state index contributed by atoms with van der Waals surface area (Å²) in [5, 5.41) is 18.0. The van der Waals surface area contributed by atoms with Gasteiger partial charge in [-0.15, -0.1) is 10.2 Å². The van der Waals surface area contributed by atoms with Crippen molar-refractivity contribution in [1.29, 1.82) is 5.26 Å². The summed E-state index contributed by atoms with van der Waals surface area (Å²) in [6, 6.07) is 9.09. The Kier molecular flexibility index (Phi) is 6.52. The molecule has 27 heavy (non-hydrogen) atoms. The molecule has 1 aliphatic heterocycles. The topological polar surface area (TPSA) is 91.9 Å².